The van der Waals surface area contributed by atoms with Gasteiger partial charge in [-0.15, -0.1) is 0 Å². The zero-order valence-corrected chi connectivity index (χ0v) is 24.1. The van der Waals surface area contributed by atoms with E-state index in [0.717, 1.165) is 11.1 Å². The van der Waals surface area contributed by atoms with Crippen molar-refractivity contribution in [2.45, 2.75) is 20.5 Å². The Morgan fingerprint density at radius 1 is 0.976 bits per heavy atom. The van der Waals surface area contributed by atoms with Gasteiger partial charge in [0.25, 0.3) is 11.8 Å². The molecule has 0 atom stereocenters. The van der Waals surface area contributed by atoms with Gasteiger partial charge in [0.15, 0.2) is 16.7 Å². The first kappa shape index (κ1) is 28.4. The SMILES string of the molecule is CCOc1cc(/C=C2/SC(=Nc3cccc(C(=O)N4CCOCC4)c3)N(CC)C2=O)ccc1OCc1ccccc1. The van der Waals surface area contributed by atoms with Gasteiger partial charge in [-0.1, -0.05) is 42.5 Å². The summed E-state index contributed by atoms with van der Waals surface area (Å²) in [6.07, 6.45) is 1.85. The Balaban J connectivity index is 1.35. The van der Waals surface area contributed by atoms with Crippen molar-refractivity contribution in [3.63, 3.8) is 0 Å². The molecule has 2 saturated heterocycles. The number of ether oxygens (including phenoxy) is 3. The third-order valence-electron chi connectivity index (χ3n) is 6.62. The molecule has 2 fully saturated rings. The molecule has 2 aliphatic rings. The fourth-order valence-electron chi connectivity index (χ4n) is 4.53. The Morgan fingerprint density at radius 3 is 2.54 bits per heavy atom. The molecule has 2 aliphatic heterocycles. The molecule has 0 unspecified atom stereocenters. The van der Waals surface area contributed by atoms with Crippen molar-refractivity contribution in [2.75, 3.05) is 39.5 Å². The van der Waals surface area contributed by atoms with Gasteiger partial charge < -0.3 is 19.1 Å². The van der Waals surface area contributed by atoms with Crippen molar-refractivity contribution >= 4 is 40.5 Å². The first-order valence-corrected chi connectivity index (χ1v) is 14.6. The molecule has 3 aromatic rings. The van der Waals surface area contributed by atoms with Crippen molar-refractivity contribution in [1.29, 1.82) is 0 Å². The van der Waals surface area contributed by atoms with Crippen LogP contribution < -0.4 is 9.47 Å². The van der Waals surface area contributed by atoms with Gasteiger partial charge in [0.05, 0.1) is 30.4 Å². The maximum absolute atomic E-state index is 13.3. The molecule has 0 bridgehead atoms. The highest BCUT2D eigenvalue weighted by molar-refractivity contribution is 8.18. The molecule has 41 heavy (non-hydrogen) atoms. The van der Waals surface area contributed by atoms with Gasteiger partial charge in [-0.25, -0.2) is 4.99 Å². The van der Waals surface area contributed by atoms with E-state index < -0.39 is 0 Å². The summed E-state index contributed by atoms with van der Waals surface area (Å²) >= 11 is 1.32. The lowest BCUT2D eigenvalue weighted by molar-refractivity contribution is -0.122. The predicted molar refractivity (Wildman–Crippen MR) is 162 cm³/mol. The average Bonchev–Trinajstić information content (AvgIpc) is 3.30. The van der Waals surface area contributed by atoms with Crippen LogP contribution in [0.4, 0.5) is 5.69 Å². The van der Waals surface area contributed by atoms with E-state index in [0.29, 0.717) is 78.9 Å². The third-order valence-corrected chi connectivity index (χ3v) is 7.63. The van der Waals surface area contributed by atoms with Crippen LogP contribution in [-0.4, -0.2) is 66.2 Å². The second-order valence-electron chi connectivity index (χ2n) is 9.42. The van der Waals surface area contributed by atoms with Crippen molar-refractivity contribution in [3.8, 4) is 11.5 Å². The fourth-order valence-corrected chi connectivity index (χ4v) is 5.59. The first-order chi connectivity index (χ1) is 20.1. The quantitative estimate of drug-likeness (QED) is 0.304. The lowest BCUT2D eigenvalue weighted by Crippen LogP contribution is -2.40. The van der Waals surface area contributed by atoms with E-state index in [1.165, 1.54) is 11.8 Å². The monoisotopic (exact) mass is 571 g/mol. The van der Waals surface area contributed by atoms with E-state index in [1.54, 1.807) is 21.9 Å². The number of hydrogen-bond donors (Lipinski definition) is 0. The molecule has 2 amide bonds. The highest BCUT2D eigenvalue weighted by Crippen LogP contribution is 2.36. The number of amides is 2. The Labute approximate surface area is 244 Å². The number of aliphatic imine (C=N–C) groups is 1. The van der Waals surface area contributed by atoms with Gasteiger partial charge >= 0.3 is 0 Å². The Morgan fingerprint density at radius 2 is 1.78 bits per heavy atom. The van der Waals surface area contributed by atoms with E-state index in [2.05, 4.69) is 0 Å². The molecule has 212 valence electrons. The Hall–Kier alpha value is -4.08. The molecule has 5 rings (SSSR count). The van der Waals surface area contributed by atoms with Crippen LogP contribution in [0.2, 0.25) is 0 Å². The maximum atomic E-state index is 13.3. The summed E-state index contributed by atoms with van der Waals surface area (Å²) in [6.45, 7) is 7.48. The molecular formula is C32H33N3O5S. The number of hydrogen-bond acceptors (Lipinski definition) is 7. The largest absolute Gasteiger partial charge is 0.490 e. The Kier molecular flexibility index (Phi) is 9.38. The smallest absolute Gasteiger partial charge is 0.266 e. The highest BCUT2D eigenvalue weighted by atomic mass is 32.2. The van der Waals surface area contributed by atoms with Crippen LogP contribution in [-0.2, 0) is 16.1 Å². The Bertz CT molecular complexity index is 1450. The maximum Gasteiger partial charge on any atom is 0.266 e. The van der Waals surface area contributed by atoms with Crippen molar-refractivity contribution in [2.24, 2.45) is 4.99 Å². The molecule has 0 saturated carbocycles. The summed E-state index contributed by atoms with van der Waals surface area (Å²) in [4.78, 5) is 35.0. The fraction of sp³-hybridized carbons (Fsp3) is 0.281. The van der Waals surface area contributed by atoms with Crippen LogP contribution in [0.5, 0.6) is 11.5 Å². The number of likely N-dealkylation sites (N-methyl/N-ethyl adjacent to an activating group) is 1. The second-order valence-corrected chi connectivity index (χ2v) is 10.4. The van der Waals surface area contributed by atoms with Gasteiger partial charge in [0.2, 0.25) is 0 Å². The number of carbonyl (C=O) groups excluding carboxylic acids is 2. The standard InChI is InChI=1S/C32H33N3O5S/c1-3-35-31(37)29(20-24-13-14-27(28(19-24)39-4-2)40-22-23-9-6-5-7-10-23)41-32(35)33-26-12-8-11-25(21-26)30(36)34-15-17-38-18-16-34/h5-14,19-21H,3-4,15-18,22H2,1-2H3/b29-20+,33-32?. The van der Waals surface area contributed by atoms with Crippen LogP contribution in [0.15, 0.2) is 82.7 Å². The van der Waals surface area contributed by atoms with Crippen molar-refractivity contribution < 1.29 is 23.8 Å². The van der Waals surface area contributed by atoms with Gasteiger partial charge in [0.1, 0.15) is 6.61 Å². The number of carbonyl (C=O) groups is 2. The summed E-state index contributed by atoms with van der Waals surface area (Å²) in [5.41, 5.74) is 3.08. The van der Waals surface area contributed by atoms with E-state index in [-0.39, 0.29) is 11.8 Å². The number of amidine groups is 1. The second kappa shape index (κ2) is 13.5. The minimum absolute atomic E-state index is 0.0419. The van der Waals surface area contributed by atoms with E-state index in [4.69, 9.17) is 19.2 Å². The van der Waals surface area contributed by atoms with Crippen LogP contribution >= 0.6 is 11.8 Å². The van der Waals surface area contributed by atoms with Gasteiger partial charge in [-0.05, 0) is 73.1 Å². The minimum atomic E-state index is -0.112. The zero-order chi connectivity index (χ0) is 28.6. The number of nitrogens with zero attached hydrogens (tertiary/aromatic N) is 3. The van der Waals surface area contributed by atoms with E-state index in [1.807, 2.05) is 80.6 Å². The average molecular weight is 572 g/mol. The normalized spacial score (nSPS) is 17.4. The highest BCUT2D eigenvalue weighted by Gasteiger charge is 2.32. The van der Waals surface area contributed by atoms with Gasteiger partial charge in [0, 0.05) is 25.2 Å². The van der Waals surface area contributed by atoms with Crippen LogP contribution in [0.25, 0.3) is 6.08 Å². The summed E-state index contributed by atoms with van der Waals surface area (Å²) in [6, 6.07) is 22.8. The first-order valence-electron chi connectivity index (χ1n) is 13.8. The van der Waals surface area contributed by atoms with Crippen LogP contribution in [0.1, 0.15) is 35.3 Å². The molecule has 9 heteroatoms. The summed E-state index contributed by atoms with van der Waals surface area (Å²) in [5.74, 6) is 1.11. The molecule has 0 aromatic heterocycles. The molecule has 0 spiro atoms. The molecular weight excluding hydrogens is 538 g/mol. The lowest BCUT2D eigenvalue weighted by atomic mass is 10.1. The zero-order valence-electron chi connectivity index (χ0n) is 23.2. The number of benzene rings is 3. The summed E-state index contributed by atoms with van der Waals surface area (Å²) in [5, 5.41) is 0.576. The number of rotatable bonds is 9. The predicted octanol–water partition coefficient (Wildman–Crippen LogP) is 5.76. The van der Waals surface area contributed by atoms with Crippen molar-refractivity contribution in [3.05, 3.63) is 94.4 Å². The topological polar surface area (TPSA) is 80.7 Å². The molecule has 2 heterocycles. The van der Waals surface area contributed by atoms with E-state index >= 15 is 0 Å². The minimum Gasteiger partial charge on any atom is -0.490 e. The molecule has 3 aromatic carbocycles. The summed E-state index contributed by atoms with van der Waals surface area (Å²) in [7, 11) is 0. The van der Waals surface area contributed by atoms with E-state index in [9.17, 15) is 9.59 Å². The number of morpholine rings is 1. The molecule has 0 aliphatic carbocycles. The molecule has 0 radical (unpaired) electrons. The molecule has 8 nitrogen and oxygen atoms in total. The third kappa shape index (κ3) is 6.99. The van der Waals surface area contributed by atoms with Gasteiger partial charge in [-0.2, -0.15) is 0 Å². The summed E-state index contributed by atoms with van der Waals surface area (Å²) < 4.78 is 17.2. The van der Waals surface area contributed by atoms with Crippen LogP contribution in [0.3, 0.4) is 0 Å². The lowest BCUT2D eigenvalue weighted by Gasteiger charge is -2.26. The molecule has 0 N–H and O–H groups in total. The van der Waals surface area contributed by atoms with Crippen molar-refractivity contribution in [1.82, 2.24) is 9.80 Å². The number of thioether (sulfide) groups is 1. The van der Waals surface area contributed by atoms with Gasteiger partial charge in [-0.3, -0.25) is 14.5 Å². The van der Waals surface area contributed by atoms with Crippen LogP contribution in [0, 0.1) is 0 Å².